The van der Waals surface area contributed by atoms with Gasteiger partial charge in [-0.1, -0.05) is 12.1 Å². The van der Waals surface area contributed by atoms with Gasteiger partial charge >= 0.3 is 0 Å². The molecule has 5 nitrogen and oxygen atoms in total. The quantitative estimate of drug-likeness (QED) is 0.440. The molecule has 0 amide bonds. The lowest BCUT2D eigenvalue weighted by Crippen LogP contribution is -1.93. The van der Waals surface area contributed by atoms with Crippen molar-refractivity contribution in [1.82, 2.24) is 15.0 Å². The zero-order chi connectivity index (χ0) is 16.5. The van der Waals surface area contributed by atoms with Crippen molar-refractivity contribution >= 4 is 34.1 Å². The van der Waals surface area contributed by atoms with Gasteiger partial charge in [0.1, 0.15) is 0 Å². The van der Waals surface area contributed by atoms with Crippen LogP contribution < -0.4 is 5.43 Å². The molecule has 0 bridgehead atoms. The first kappa shape index (κ1) is 14.4. The number of hydrogen-bond acceptors (Lipinski definition) is 4. The molecule has 0 unspecified atom stereocenters. The molecule has 2 aromatic carbocycles. The van der Waals surface area contributed by atoms with Crippen LogP contribution in [-0.4, -0.2) is 21.2 Å². The number of aromatic nitrogens is 3. The number of imidazole rings is 1. The van der Waals surface area contributed by atoms with Crippen LogP contribution in [0.15, 0.2) is 53.8 Å². The van der Waals surface area contributed by atoms with Gasteiger partial charge < -0.3 is 4.98 Å². The van der Waals surface area contributed by atoms with Gasteiger partial charge in [0.05, 0.1) is 22.8 Å². The third-order valence-corrected chi connectivity index (χ3v) is 4.09. The Labute approximate surface area is 139 Å². The van der Waals surface area contributed by atoms with Crippen LogP contribution in [0.5, 0.6) is 0 Å². The molecule has 0 saturated heterocycles. The number of benzene rings is 2. The summed E-state index contributed by atoms with van der Waals surface area (Å²) in [6, 6.07) is 14.2. The monoisotopic (exact) mass is 315 g/mol. The Morgan fingerprint density at radius 2 is 1.88 bits per heavy atom. The van der Waals surface area contributed by atoms with Crippen molar-refractivity contribution in [3.05, 3.63) is 65.4 Å². The first-order chi connectivity index (χ1) is 11.7. The van der Waals surface area contributed by atoms with Crippen LogP contribution in [0.1, 0.15) is 16.7 Å². The Bertz CT molecular complexity index is 1030. The maximum Gasteiger partial charge on any atom is 0.222 e. The summed E-state index contributed by atoms with van der Waals surface area (Å²) in [7, 11) is 0. The number of hydrazone groups is 1. The van der Waals surface area contributed by atoms with Gasteiger partial charge in [0.25, 0.3) is 0 Å². The molecule has 0 aliphatic rings. The number of fused-ring (bicyclic) bond motifs is 2. The highest BCUT2D eigenvalue weighted by atomic mass is 15.3. The minimum absolute atomic E-state index is 0.618. The summed E-state index contributed by atoms with van der Waals surface area (Å²) in [5, 5.41) is 5.36. The van der Waals surface area contributed by atoms with Crippen LogP contribution in [-0.2, 0) is 0 Å². The zero-order valence-electron chi connectivity index (χ0n) is 13.5. The van der Waals surface area contributed by atoms with E-state index in [0.29, 0.717) is 5.95 Å². The maximum absolute atomic E-state index is 4.50. The summed E-state index contributed by atoms with van der Waals surface area (Å²) < 4.78 is 0. The molecular weight excluding hydrogens is 298 g/mol. The summed E-state index contributed by atoms with van der Waals surface area (Å²) >= 11 is 0. The van der Waals surface area contributed by atoms with E-state index in [9.17, 15) is 0 Å². The molecule has 0 spiro atoms. The molecular formula is C19H17N5. The highest BCUT2D eigenvalue weighted by molar-refractivity contribution is 5.88. The molecule has 2 heterocycles. The molecule has 2 aromatic heterocycles. The predicted molar refractivity (Wildman–Crippen MR) is 98.5 cm³/mol. The van der Waals surface area contributed by atoms with E-state index in [2.05, 4.69) is 57.5 Å². The largest absolute Gasteiger partial charge is 0.323 e. The Morgan fingerprint density at radius 3 is 2.75 bits per heavy atom. The van der Waals surface area contributed by atoms with E-state index in [1.54, 1.807) is 6.21 Å². The molecule has 118 valence electrons. The first-order valence-corrected chi connectivity index (χ1v) is 7.80. The fraction of sp³-hybridized carbons (Fsp3) is 0.105. The van der Waals surface area contributed by atoms with E-state index in [1.165, 1.54) is 11.1 Å². The second kappa shape index (κ2) is 5.77. The van der Waals surface area contributed by atoms with Crippen molar-refractivity contribution < 1.29 is 0 Å². The molecule has 0 saturated carbocycles. The number of aryl methyl sites for hydroxylation is 2. The molecule has 2 N–H and O–H groups in total. The summed E-state index contributed by atoms with van der Waals surface area (Å²) in [5.74, 6) is 0.618. The zero-order valence-corrected chi connectivity index (χ0v) is 13.5. The highest BCUT2D eigenvalue weighted by Gasteiger charge is 2.01. The van der Waals surface area contributed by atoms with E-state index in [0.717, 1.165) is 27.5 Å². The van der Waals surface area contributed by atoms with Gasteiger partial charge in [0.2, 0.25) is 5.95 Å². The van der Waals surface area contributed by atoms with Crippen LogP contribution in [0.3, 0.4) is 0 Å². The normalized spacial score (nSPS) is 11.6. The van der Waals surface area contributed by atoms with Crippen LogP contribution in [0.2, 0.25) is 0 Å². The maximum atomic E-state index is 4.50. The summed E-state index contributed by atoms with van der Waals surface area (Å²) in [6.07, 6.45) is 3.57. The Balaban J connectivity index is 1.56. The van der Waals surface area contributed by atoms with Gasteiger partial charge in [-0.15, -0.1) is 0 Å². The van der Waals surface area contributed by atoms with Gasteiger partial charge in [-0.05, 0) is 55.3 Å². The lowest BCUT2D eigenvalue weighted by Gasteiger charge is -2.04. The smallest absolute Gasteiger partial charge is 0.222 e. The number of anilines is 1. The lowest BCUT2D eigenvalue weighted by atomic mass is 10.1. The second-order valence-corrected chi connectivity index (χ2v) is 5.87. The van der Waals surface area contributed by atoms with E-state index in [4.69, 9.17) is 0 Å². The SMILES string of the molecule is Cc1cc2cc(C=NNc3nc4ccccc4[nH]3)cnc2cc1C. The number of hydrogen-bond donors (Lipinski definition) is 2. The molecule has 24 heavy (non-hydrogen) atoms. The Morgan fingerprint density at radius 1 is 1.04 bits per heavy atom. The average Bonchev–Trinajstić information content (AvgIpc) is 2.99. The molecule has 4 rings (SSSR count). The Kier molecular flexibility index (Phi) is 3.46. The van der Waals surface area contributed by atoms with E-state index in [1.807, 2.05) is 30.5 Å². The first-order valence-electron chi connectivity index (χ1n) is 7.80. The molecule has 5 heteroatoms. The van der Waals surface area contributed by atoms with E-state index >= 15 is 0 Å². The number of aromatic amines is 1. The highest BCUT2D eigenvalue weighted by Crippen LogP contribution is 2.18. The third-order valence-electron chi connectivity index (χ3n) is 4.09. The van der Waals surface area contributed by atoms with Crippen molar-refractivity contribution in [3.8, 4) is 0 Å². The van der Waals surface area contributed by atoms with Crippen molar-refractivity contribution in [2.24, 2.45) is 5.10 Å². The number of H-pyrrole nitrogens is 1. The van der Waals surface area contributed by atoms with Gasteiger partial charge in [-0.25, -0.2) is 10.4 Å². The lowest BCUT2D eigenvalue weighted by molar-refractivity contribution is 1.21. The van der Waals surface area contributed by atoms with Crippen molar-refractivity contribution in [2.75, 3.05) is 5.43 Å². The summed E-state index contributed by atoms with van der Waals surface area (Å²) in [6.45, 7) is 4.21. The summed E-state index contributed by atoms with van der Waals surface area (Å²) in [5.41, 5.74) is 9.27. The van der Waals surface area contributed by atoms with Crippen LogP contribution in [0.4, 0.5) is 5.95 Å². The number of rotatable bonds is 3. The van der Waals surface area contributed by atoms with E-state index < -0.39 is 0 Å². The molecule has 0 radical (unpaired) electrons. The minimum atomic E-state index is 0.618. The fourth-order valence-corrected chi connectivity index (χ4v) is 2.66. The molecule has 0 fully saturated rings. The number of nitrogens with one attached hydrogen (secondary N) is 2. The van der Waals surface area contributed by atoms with Crippen LogP contribution in [0, 0.1) is 13.8 Å². The fourth-order valence-electron chi connectivity index (χ4n) is 2.66. The number of nitrogens with zero attached hydrogens (tertiary/aromatic N) is 3. The van der Waals surface area contributed by atoms with Gasteiger partial charge in [-0.3, -0.25) is 4.98 Å². The van der Waals surface area contributed by atoms with Gasteiger partial charge in [-0.2, -0.15) is 5.10 Å². The molecule has 0 atom stereocenters. The second-order valence-electron chi connectivity index (χ2n) is 5.87. The number of pyridine rings is 1. The summed E-state index contributed by atoms with van der Waals surface area (Å²) in [4.78, 5) is 12.1. The standard InChI is InChI=1S/C19H17N5/c1-12-7-15-9-14(10-20-18(15)8-13(12)2)11-21-24-19-22-16-5-3-4-6-17(16)23-19/h3-11H,1-2H3,(H2,22,23,24). The van der Waals surface area contributed by atoms with Gasteiger partial charge in [0.15, 0.2) is 0 Å². The predicted octanol–water partition coefficient (Wildman–Crippen LogP) is 4.17. The van der Waals surface area contributed by atoms with Crippen molar-refractivity contribution in [2.45, 2.75) is 13.8 Å². The van der Waals surface area contributed by atoms with Crippen molar-refractivity contribution in [1.29, 1.82) is 0 Å². The molecule has 0 aliphatic heterocycles. The third kappa shape index (κ3) is 2.72. The average molecular weight is 315 g/mol. The molecule has 4 aromatic rings. The van der Waals surface area contributed by atoms with Crippen LogP contribution >= 0.6 is 0 Å². The van der Waals surface area contributed by atoms with Crippen LogP contribution in [0.25, 0.3) is 21.9 Å². The minimum Gasteiger partial charge on any atom is -0.323 e. The van der Waals surface area contributed by atoms with Crippen molar-refractivity contribution in [3.63, 3.8) is 0 Å². The van der Waals surface area contributed by atoms with E-state index in [-0.39, 0.29) is 0 Å². The molecule has 0 aliphatic carbocycles. The Hall–Kier alpha value is -3.21. The topological polar surface area (TPSA) is 66.0 Å². The van der Waals surface area contributed by atoms with Gasteiger partial charge in [0, 0.05) is 17.1 Å². The number of para-hydroxylation sites is 2.